The minimum Gasteiger partial charge on any atom is -0.339 e. The van der Waals surface area contributed by atoms with Gasteiger partial charge in [-0.05, 0) is 12.3 Å². The van der Waals surface area contributed by atoms with Crippen molar-refractivity contribution in [2.75, 3.05) is 12.8 Å². The third-order valence-electron chi connectivity index (χ3n) is 4.99. The van der Waals surface area contributed by atoms with Crippen molar-refractivity contribution in [2.45, 2.75) is 70.1 Å². The Morgan fingerprint density at radius 2 is 2.07 bits per heavy atom. The number of amides is 1. The van der Waals surface area contributed by atoms with Crippen molar-refractivity contribution in [3.05, 3.63) is 11.7 Å². The first-order valence-electron chi connectivity index (χ1n) is 9.57. The Balaban J connectivity index is 1.89. The average molecular weight is 403 g/mol. The summed E-state index contributed by atoms with van der Waals surface area (Å²) in [6.45, 7) is 0.182. The Morgan fingerprint density at radius 1 is 1.33 bits per heavy atom. The van der Waals surface area contributed by atoms with Gasteiger partial charge in [-0.2, -0.15) is 4.98 Å². The van der Waals surface area contributed by atoms with Crippen LogP contribution in [-0.2, 0) is 21.2 Å². The molecule has 1 aliphatic carbocycles. The van der Waals surface area contributed by atoms with E-state index in [0.717, 1.165) is 31.4 Å². The van der Waals surface area contributed by atoms with Crippen molar-refractivity contribution in [3.8, 4) is 0 Å². The van der Waals surface area contributed by atoms with Crippen molar-refractivity contribution in [3.63, 3.8) is 0 Å². The van der Waals surface area contributed by atoms with E-state index in [1.54, 1.807) is 5.48 Å². The quantitative estimate of drug-likeness (QED) is 0.380. The van der Waals surface area contributed by atoms with Gasteiger partial charge in [-0.15, -0.1) is 0 Å². The van der Waals surface area contributed by atoms with Crippen LogP contribution in [0.5, 0.6) is 0 Å². The molecular formula is C17H30N4O5S. The van der Waals surface area contributed by atoms with Crippen molar-refractivity contribution in [2.24, 2.45) is 5.92 Å². The molecule has 1 saturated carbocycles. The van der Waals surface area contributed by atoms with Crippen LogP contribution in [0.1, 0.15) is 75.4 Å². The summed E-state index contributed by atoms with van der Waals surface area (Å²) in [5, 5.41) is 12.7. The standard InChI is InChI=1S/C17H30N4O5S/c1-27(24,25)18-11-10-15-19-17(26-21-15)14(12-16(22)20-23)9-5-8-13-6-3-2-4-7-13/h13-14,18,23H,2-12H2,1H3,(H,20,22)/t14-/m0/s1. The van der Waals surface area contributed by atoms with Crippen LogP contribution in [-0.4, -0.2) is 42.5 Å². The van der Waals surface area contributed by atoms with Gasteiger partial charge < -0.3 is 4.52 Å². The molecule has 2 rings (SSSR count). The Morgan fingerprint density at radius 3 is 2.74 bits per heavy atom. The van der Waals surface area contributed by atoms with Gasteiger partial charge in [0.15, 0.2) is 5.82 Å². The van der Waals surface area contributed by atoms with E-state index in [1.807, 2.05) is 0 Å². The first kappa shape index (κ1) is 21.8. The van der Waals surface area contributed by atoms with E-state index in [9.17, 15) is 13.2 Å². The van der Waals surface area contributed by atoms with Crippen LogP contribution in [0.2, 0.25) is 0 Å². The van der Waals surface area contributed by atoms with Gasteiger partial charge >= 0.3 is 0 Å². The van der Waals surface area contributed by atoms with Crippen molar-refractivity contribution < 1.29 is 22.9 Å². The highest BCUT2D eigenvalue weighted by Crippen LogP contribution is 2.31. The molecule has 27 heavy (non-hydrogen) atoms. The molecule has 0 unspecified atom stereocenters. The molecule has 0 bridgehead atoms. The van der Waals surface area contributed by atoms with Gasteiger partial charge in [0, 0.05) is 25.3 Å². The van der Waals surface area contributed by atoms with Crippen LogP contribution < -0.4 is 10.2 Å². The van der Waals surface area contributed by atoms with Gasteiger partial charge in [0.1, 0.15) is 0 Å². The molecule has 3 N–H and O–H groups in total. The number of sulfonamides is 1. The maximum Gasteiger partial charge on any atom is 0.244 e. The summed E-state index contributed by atoms with van der Waals surface area (Å²) in [6.07, 6.45) is 10.8. The normalized spacial score (nSPS) is 17.0. The van der Waals surface area contributed by atoms with Crippen LogP contribution >= 0.6 is 0 Å². The third kappa shape index (κ3) is 8.35. The highest BCUT2D eigenvalue weighted by molar-refractivity contribution is 7.88. The van der Waals surface area contributed by atoms with Crippen LogP contribution in [0.25, 0.3) is 0 Å². The zero-order chi connectivity index (χ0) is 19.7. The molecular weight excluding hydrogens is 372 g/mol. The van der Waals surface area contributed by atoms with Crippen molar-refractivity contribution in [1.29, 1.82) is 0 Å². The molecule has 1 amide bonds. The Bertz CT molecular complexity index is 685. The molecule has 10 heteroatoms. The lowest BCUT2D eigenvalue weighted by molar-refractivity contribution is -0.129. The SMILES string of the molecule is CS(=O)(=O)NCCc1noc([C@@H](CCCC2CCCCC2)CC(=O)NO)n1. The van der Waals surface area contributed by atoms with E-state index in [4.69, 9.17) is 9.73 Å². The van der Waals surface area contributed by atoms with Crippen LogP contribution in [0.3, 0.4) is 0 Å². The van der Waals surface area contributed by atoms with Crippen LogP contribution in [0, 0.1) is 5.92 Å². The minimum absolute atomic E-state index is 0.0738. The molecule has 9 nitrogen and oxygen atoms in total. The Hall–Kier alpha value is -1.52. The number of hydroxylamine groups is 1. The topological polar surface area (TPSA) is 134 Å². The minimum atomic E-state index is -3.26. The van der Waals surface area contributed by atoms with Crippen LogP contribution in [0.4, 0.5) is 0 Å². The molecule has 0 aromatic carbocycles. The fraction of sp³-hybridized carbons (Fsp3) is 0.824. The number of carbonyl (C=O) groups is 1. The highest BCUT2D eigenvalue weighted by atomic mass is 32.2. The van der Waals surface area contributed by atoms with E-state index in [2.05, 4.69) is 14.9 Å². The molecule has 1 fully saturated rings. The van der Waals surface area contributed by atoms with E-state index < -0.39 is 15.9 Å². The van der Waals surface area contributed by atoms with Gasteiger partial charge in [0.25, 0.3) is 0 Å². The summed E-state index contributed by atoms with van der Waals surface area (Å²) in [4.78, 5) is 15.9. The molecule has 1 aliphatic rings. The predicted octanol–water partition coefficient (Wildman–Crippen LogP) is 1.89. The predicted molar refractivity (Wildman–Crippen MR) is 98.6 cm³/mol. The second kappa shape index (κ2) is 10.7. The number of hydrogen-bond acceptors (Lipinski definition) is 7. The molecule has 0 spiro atoms. The summed E-state index contributed by atoms with van der Waals surface area (Å²) in [5.74, 6) is 0.756. The highest BCUT2D eigenvalue weighted by Gasteiger charge is 2.23. The summed E-state index contributed by atoms with van der Waals surface area (Å²) in [5.41, 5.74) is 1.66. The number of nitrogens with one attached hydrogen (secondary N) is 2. The van der Waals surface area contributed by atoms with E-state index in [-0.39, 0.29) is 18.9 Å². The third-order valence-corrected chi connectivity index (χ3v) is 5.72. The summed E-state index contributed by atoms with van der Waals surface area (Å²) >= 11 is 0. The second-order valence-electron chi connectivity index (χ2n) is 7.34. The number of aromatic nitrogens is 2. The van der Waals surface area contributed by atoms with E-state index in [1.165, 1.54) is 32.1 Å². The first-order valence-corrected chi connectivity index (χ1v) is 11.5. The number of rotatable bonds is 11. The fourth-order valence-electron chi connectivity index (χ4n) is 3.59. The lowest BCUT2D eigenvalue weighted by atomic mass is 9.84. The van der Waals surface area contributed by atoms with Crippen molar-refractivity contribution >= 4 is 15.9 Å². The second-order valence-corrected chi connectivity index (χ2v) is 9.17. The Kier molecular flexibility index (Phi) is 8.65. The van der Waals surface area contributed by atoms with E-state index in [0.29, 0.717) is 18.1 Å². The molecule has 154 valence electrons. The zero-order valence-electron chi connectivity index (χ0n) is 15.8. The molecule has 0 aliphatic heterocycles. The lowest BCUT2D eigenvalue weighted by Crippen LogP contribution is -2.24. The molecule has 1 atom stereocenters. The lowest BCUT2D eigenvalue weighted by Gasteiger charge is -2.22. The van der Waals surface area contributed by atoms with E-state index >= 15 is 0 Å². The van der Waals surface area contributed by atoms with Crippen LogP contribution in [0.15, 0.2) is 4.52 Å². The number of carbonyl (C=O) groups excluding carboxylic acids is 1. The van der Waals surface area contributed by atoms with Gasteiger partial charge in [-0.1, -0.05) is 50.1 Å². The monoisotopic (exact) mass is 402 g/mol. The summed E-state index contributed by atoms with van der Waals surface area (Å²) < 4.78 is 29.9. The van der Waals surface area contributed by atoms with Gasteiger partial charge in [-0.25, -0.2) is 18.6 Å². The first-order chi connectivity index (χ1) is 12.9. The maximum absolute atomic E-state index is 11.6. The largest absolute Gasteiger partial charge is 0.339 e. The molecule has 1 aromatic rings. The maximum atomic E-state index is 11.6. The Labute approximate surface area is 160 Å². The number of nitrogens with zero attached hydrogens (tertiary/aromatic N) is 2. The van der Waals surface area contributed by atoms with Gasteiger partial charge in [0.05, 0.1) is 6.26 Å². The molecule has 0 radical (unpaired) electrons. The van der Waals surface area contributed by atoms with Gasteiger partial charge in [0.2, 0.25) is 21.8 Å². The average Bonchev–Trinajstić information content (AvgIpc) is 3.09. The summed E-state index contributed by atoms with van der Waals surface area (Å²) in [6, 6.07) is 0. The molecule has 1 heterocycles. The molecule has 1 aromatic heterocycles. The van der Waals surface area contributed by atoms with Gasteiger partial charge in [-0.3, -0.25) is 10.0 Å². The number of hydrogen-bond donors (Lipinski definition) is 3. The van der Waals surface area contributed by atoms with Crippen molar-refractivity contribution in [1.82, 2.24) is 20.3 Å². The smallest absolute Gasteiger partial charge is 0.244 e. The molecule has 0 saturated heterocycles. The fourth-order valence-corrected chi connectivity index (χ4v) is 4.07. The zero-order valence-corrected chi connectivity index (χ0v) is 16.6. The summed E-state index contributed by atoms with van der Waals surface area (Å²) in [7, 11) is -3.26.